The largest absolute Gasteiger partial charge is 0.372 e. The van der Waals surface area contributed by atoms with E-state index < -0.39 is 44.9 Å². The summed E-state index contributed by atoms with van der Waals surface area (Å²) in [4.78, 5) is 75.4. The van der Waals surface area contributed by atoms with Crippen LogP contribution in [0.1, 0.15) is 73.0 Å². The standard InChI is InChI=1S/C43H48F2N12O6S/c1-3-55(2)64(62,63)54-34-7-5-32(44)38(39(34)45)40(60)31-23-49-41-30(31)18-26(19-48-41)27-20-50-43(51-21-27)57-16-12-28(13-17-57)46-24-37(59)56-14-10-25(11-15-56)33-6-4-29(22-47-33)52-35-8-9-36(58)53-42(35)61/h4-7,18-23,25,28,35,46,52,54H,3,8-17,24H2,1-2H3,(H,48,49)(H,53,58,61). The number of amides is 3. The van der Waals surface area contributed by atoms with E-state index in [1.54, 1.807) is 37.8 Å². The highest BCUT2D eigenvalue weighted by atomic mass is 32.2. The molecule has 1 atom stereocenters. The van der Waals surface area contributed by atoms with Gasteiger partial charge in [0.25, 0.3) is 0 Å². The van der Waals surface area contributed by atoms with Crippen LogP contribution in [-0.2, 0) is 24.6 Å². The van der Waals surface area contributed by atoms with Gasteiger partial charge >= 0.3 is 10.2 Å². The molecule has 0 spiro atoms. The first-order valence-electron chi connectivity index (χ1n) is 21.2. The summed E-state index contributed by atoms with van der Waals surface area (Å²) < 4.78 is 58.7. The summed E-state index contributed by atoms with van der Waals surface area (Å²) in [6, 6.07) is 6.94. The Morgan fingerprint density at radius 1 is 0.906 bits per heavy atom. The van der Waals surface area contributed by atoms with Crippen LogP contribution in [0.4, 0.5) is 26.1 Å². The number of anilines is 3. The topological polar surface area (TPSA) is 228 Å². The molecule has 5 N–H and O–H groups in total. The molecular formula is C43H48F2N12O6S. The molecule has 8 rings (SSSR count). The Morgan fingerprint density at radius 3 is 2.33 bits per heavy atom. The average molecular weight is 899 g/mol. The van der Waals surface area contributed by atoms with Gasteiger partial charge in [-0.25, -0.2) is 23.7 Å². The van der Waals surface area contributed by atoms with Crippen molar-refractivity contribution >= 4 is 62.1 Å². The molecule has 7 heterocycles. The molecule has 0 saturated carbocycles. The van der Waals surface area contributed by atoms with Crippen LogP contribution in [0.2, 0.25) is 0 Å². The molecule has 64 heavy (non-hydrogen) atoms. The number of hydrogen-bond acceptors (Lipinski definition) is 13. The Labute approximate surface area is 367 Å². The molecule has 3 aliphatic rings. The predicted octanol–water partition coefficient (Wildman–Crippen LogP) is 3.71. The van der Waals surface area contributed by atoms with Gasteiger partial charge in [0, 0.05) is 111 Å². The van der Waals surface area contributed by atoms with E-state index in [1.807, 2.05) is 17.0 Å². The van der Waals surface area contributed by atoms with Crippen molar-refractivity contribution in [3.05, 3.63) is 89.8 Å². The second-order valence-corrected chi connectivity index (χ2v) is 17.9. The van der Waals surface area contributed by atoms with Gasteiger partial charge in [-0.3, -0.25) is 34.2 Å². The fraction of sp³-hybridized carbons (Fsp3) is 0.395. The molecule has 1 aromatic carbocycles. The summed E-state index contributed by atoms with van der Waals surface area (Å²) in [5.41, 5.74) is 1.58. The van der Waals surface area contributed by atoms with Crippen molar-refractivity contribution in [2.24, 2.45) is 0 Å². The molecule has 0 radical (unpaired) electrons. The van der Waals surface area contributed by atoms with Crippen LogP contribution in [0, 0.1) is 11.6 Å². The Bertz CT molecular complexity index is 2670. The molecule has 5 aromatic rings. The maximum atomic E-state index is 15.6. The molecule has 3 aliphatic heterocycles. The molecule has 21 heteroatoms. The third kappa shape index (κ3) is 9.55. The van der Waals surface area contributed by atoms with Crippen LogP contribution in [0.25, 0.3) is 22.2 Å². The molecule has 4 aromatic heterocycles. The van der Waals surface area contributed by atoms with Crippen molar-refractivity contribution in [1.29, 1.82) is 0 Å². The molecule has 3 amide bonds. The number of halogens is 2. The number of likely N-dealkylation sites (tertiary alicyclic amines) is 1. The van der Waals surface area contributed by atoms with Gasteiger partial charge in [-0.2, -0.15) is 12.7 Å². The zero-order valence-corrected chi connectivity index (χ0v) is 36.1. The van der Waals surface area contributed by atoms with Gasteiger partial charge in [0.2, 0.25) is 29.5 Å². The molecule has 3 saturated heterocycles. The number of carbonyl (C=O) groups is 4. The first-order chi connectivity index (χ1) is 30.8. The molecular weight excluding hydrogens is 851 g/mol. The Hall–Kier alpha value is -6.45. The van der Waals surface area contributed by atoms with E-state index in [4.69, 9.17) is 0 Å². The number of aromatic nitrogens is 5. The van der Waals surface area contributed by atoms with Crippen molar-refractivity contribution in [3.63, 3.8) is 0 Å². The Kier molecular flexibility index (Phi) is 12.9. The van der Waals surface area contributed by atoms with E-state index in [0.717, 1.165) is 53.5 Å². The van der Waals surface area contributed by atoms with Crippen molar-refractivity contribution in [2.75, 3.05) is 61.3 Å². The minimum absolute atomic E-state index is 0.0621. The summed E-state index contributed by atoms with van der Waals surface area (Å²) in [5.74, 6) is -3.25. The number of hydrogen-bond donors (Lipinski definition) is 5. The highest BCUT2D eigenvalue weighted by Gasteiger charge is 2.30. The number of imide groups is 1. The quantitative estimate of drug-likeness (QED) is 0.0793. The second kappa shape index (κ2) is 18.7. The fourth-order valence-corrected chi connectivity index (χ4v) is 9.09. The van der Waals surface area contributed by atoms with Crippen LogP contribution >= 0.6 is 0 Å². The Morgan fingerprint density at radius 2 is 1.64 bits per heavy atom. The first kappa shape index (κ1) is 44.2. The number of pyridine rings is 2. The minimum atomic E-state index is -4.15. The van der Waals surface area contributed by atoms with Gasteiger partial charge in [0.1, 0.15) is 17.5 Å². The summed E-state index contributed by atoms with van der Waals surface area (Å²) >= 11 is 0. The number of nitrogens with zero attached hydrogens (tertiary/aromatic N) is 7. The lowest BCUT2D eigenvalue weighted by atomic mass is 9.93. The molecule has 336 valence electrons. The maximum absolute atomic E-state index is 15.6. The minimum Gasteiger partial charge on any atom is -0.372 e. The number of ketones is 1. The number of fused-ring (bicyclic) bond motifs is 1. The number of piperidine rings is 3. The highest BCUT2D eigenvalue weighted by Crippen LogP contribution is 2.31. The molecule has 0 bridgehead atoms. The van der Waals surface area contributed by atoms with Crippen molar-refractivity contribution in [2.45, 2.75) is 63.5 Å². The SMILES string of the molecule is CCN(C)S(=O)(=O)Nc1ccc(F)c(C(=O)c2c[nH]c3ncc(-c4cnc(N5CCC(NCC(=O)N6CCC(c7ccc(NC8CCC(=O)NC8=O)cn7)CC6)CC5)nc4)cc23)c1F. The molecule has 0 aliphatic carbocycles. The number of H-pyrrole nitrogens is 1. The van der Waals surface area contributed by atoms with Gasteiger partial charge < -0.3 is 25.4 Å². The second-order valence-electron chi connectivity index (χ2n) is 16.1. The number of nitrogens with one attached hydrogen (secondary N) is 5. The summed E-state index contributed by atoms with van der Waals surface area (Å²) in [6.45, 7) is 4.58. The van der Waals surface area contributed by atoms with Crippen molar-refractivity contribution in [3.8, 4) is 11.1 Å². The molecule has 1 unspecified atom stereocenters. The normalized spacial score (nSPS) is 17.8. The number of benzene rings is 1. The van der Waals surface area contributed by atoms with Crippen LogP contribution in [0.5, 0.6) is 0 Å². The molecule has 18 nitrogen and oxygen atoms in total. The summed E-state index contributed by atoms with van der Waals surface area (Å²) in [5, 5.41) is 9.23. The lowest BCUT2D eigenvalue weighted by molar-refractivity contribution is -0.134. The smallest absolute Gasteiger partial charge is 0.301 e. The van der Waals surface area contributed by atoms with Gasteiger partial charge in [0.15, 0.2) is 5.82 Å². The van der Waals surface area contributed by atoms with E-state index in [0.29, 0.717) is 67.1 Å². The number of rotatable bonds is 14. The van der Waals surface area contributed by atoms with Crippen molar-refractivity contribution < 1.29 is 36.4 Å². The van der Waals surface area contributed by atoms with E-state index >= 15 is 8.78 Å². The fourth-order valence-electron chi connectivity index (χ4n) is 8.16. The average Bonchev–Trinajstić information content (AvgIpc) is 3.74. The first-order valence-corrected chi connectivity index (χ1v) is 22.6. The zero-order chi connectivity index (χ0) is 45.1. The summed E-state index contributed by atoms with van der Waals surface area (Å²) in [6.07, 6.45) is 11.8. The van der Waals surface area contributed by atoms with Gasteiger partial charge in [-0.05, 0) is 62.4 Å². The monoisotopic (exact) mass is 898 g/mol. The van der Waals surface area contributed by atoms with E-state index in [-0.39, 0.29) is 48.3 Å². The number of carbonyl (C=O) groups excluding carboxylic acids is 4. The maximum Gasteiger partial charge on any atom is 0.301 e. The van der Waals surface area contributed by atoms with E-state index in [1.165, 1.54) is 13.2 Å². The number of aromatic amines is 1. The van der Waals surface area contributed by atoms with Crippen LogP contribution in [0.3, 0.4) is 0 Å². The van der Waals surface area contributed by atoms with Crippen LogP contribution < -0.4 is 25.6 Å². The third-order valence-electron chi connectivity index (χ3n) is 12.1. The highest BCUT2D eigenvalue weighted by molar-refractivity contribution is 7.90. The predicted molar refractivity (Wildman–Crippen MR) is 234 cm³/mol. The third-order valence-corrected chi connectivity index (χ3v) is 13.7. The van der Waals surface area contributed by atoms with E-state index in [2.05, 4.69) is 50.5 Å². The van der Waals surface area contributed by atoms with Gasteiger partial charge in [-0.15, -0.1) is 0 Å². The van der Waals surface area contributed by atoms with Crippen molar-refractivity contribution in [1.82, 2.24) is 44.8 Å². The van der Waals surface area contributed by atoms with Gasteiger partial charge in [-0.1, -0.05) is 6.92 Å². The lowest BCUT2D eigenvalue weighted by Gasteiger charge is -2.34. The van der Waals surface area contributed by atoms with Crippen LogP contribution in [-0.4, -0.2) is 124 Å². The summed E-state index contributed by atoms with van der Waals surface area (Å²) in [7, 11) is -2.86. The van der Waals surface area contributed by atoms with Gasteiger partial charge in [0.05, 0.1) is 29.7 Å². The molecule has 3 fully saturated rings. The zero-order valence-electron chi connectivity index (χ0n) is 35.2. The van der Waals surface area contributed by atoms with Crippen LogP contribution in [0.15, 0.2) is 61.3 Å². The van der Waals surface area contributed by atoms with E-state index in [9.17, 15) is 27.6 Å². The lowest BCUT2D eigenvalue weighted by Crippen LogP contribution is -2.48. The Balaban J connectivity index is 0.812.